The van der Waals surface area contributed by atoms with Crippen molar-refractivity contribution in [2.24, 2.45) is 11.8 Å². The molecule has 0 radical (unpaired) electrons. The van der Waals surface area contributed by atoms with Crippen molar-refractivity contribution in [3.8, 4) is 0 Å². The number of carbonyl (C=O) groups excluding carboxylic acids is 7. The third-order valence-electron chi connectivity index (χ3n) is 8.94. The molecule has 0 bridgehead atoms. The highest BCUT2D eigenvalue weighted by Crippen LogP contribution is 2.25. The van der Waals surface area contributed by atoms with E-state index < -0.39 is 114 Å². The molecule has 304 valence electrons. The number of aldehydes is 1. The van der Waals surface area contributed by atoms with Gasteiger partial charge in [-0.2, -0.15) is 0 Å². The number of nitrogens with one attached hydrogen (secondary N) is 5. The molecule has 0 unspecified atom stereocenters. The maximum absolute atomic E-state index is 14.2. The van der Waals surface area contributed by atoms with E-state index in [2.05, 4.69) is 26.6 Å². The molecule has 1 fully saturated rings. The van der Waals surface area contributed by atoms with Crippen molar-refractivity contribution in [2.75, 3.05) is 6.54 Å². The van der Waals surface area contributed by atoms with Crippen LogP contribution in [0.25, 0.3) is 0 Å². The Morgan fingerprint density at radius 1 is 0.818 bits per heavy atom. The molecular formula is C37H54N6O12. The van der Waals surface area contributed by atoms with E-state index in [0.717, 1.165) is 12.5 Å². The summed E-state index contributed by atoms with van der Waals surface area (Å²) in [6.07, 6.45) is -1.28. The van der Waals surface area contributed by atoms with E-state index >= 15 is 0 Å². The summed E-state index contributed by atoms with van der Waals surface area (Å²) in [7, 11) is 0. The molecule has 1 heterocycles. The second-order valence-electron chi connectivity index (χ2n) is 14.1. The summed E-state index contributed by atoms with van der Waals surface area (Å²) >= 11 is 0. The van der Waals surface area contributed by atoms with Crippen molar-refractivity contribution in [3.63, 3.8) is 0 Å². The number of amides is 6. The van der Waals surface area contributed by atoms with Crippen LogP contribution < -0.4 is 26.6 Å². The molecule has 18 heteroatoms. The molecule has 1 aromatic rings. The fourth-order valence-electron chi connectivity index (χ4n) is 5.87. The summed E-state index contributed by atoms with van der Waals surface area (Å²) in [4.78, 5) is 115. The second-order valence-corrected chi connectivity index (χ2v) is 14.1. The molecule has 55 heavy (non-hydrogen) atoms. The quantitative estimate of drug-likeness (QED) is 0.0761. The van der Waals surface area contributed by atoms with Crippen molar-refractivity contribution < 1.29 is 58.1 Å². The van der Waals surface area contributed by atoms with Gasteiger partial charge in [-0.15, -0.1) is 0 Å². The van der Waals surface area contributed by atoms with Gasteiger partial charge in [0, 0.05) is 26.3 Å². The van der Waals surface area contributed by atoms with E-state index in [0.29, 0.717) is 12.7 Å². The van der Waals surface area contributed by atoms with E-state index in [1.165, 1.54) is 4.90 Å². The lowest BCUT2D eigenvalue weighted by atomic mass is 9.98. The molecule has 1 saturated heterocycles. The topological polar surface area (TPSA) is 267 Å². The van der Waals surface area contributed by atoms with Gasteiger partial charge in [0.15, 0.2) is 0 Å². The van der Waals surface area contributed by atoms with Crippen molar-refractivity contribution in [3.05, 3.63) is 35.9 Å². The van der Waals surface area contributed by atoms with Crippen molar-refractivity contribution >= 4 is 53.7 Å². The molecule has 18 nitrogen and oxygen atoms in total. The van der Waals surface area contributed by atoms with E-state index in [9.17, 15) is 48.3 Å². The molecule has 2 rings (SSSR count). The average molecular weight is 775 g/mol. The second kappa shape index (κ2) is 22.1. The van der Waals surface area contributed by atoms with E-state index in [1.54, 1.807) is 34.6 Å². The molecule has 0 aromatic heterocycles. The van der Waals surface area contributed by atoms with E-state index in [1.807, 2.05) is 30.3 Å². The number of benzene rings is 1. The van der Waals surface area contributed by atoms with Crippen LogP contribution in [0.2, 0.25) is 0 Å². The number of rotatable bonds is 22. The first-order chi connectivity index (χ1) is 25.9. The van der Waals surface area contributed by atoms with Crippen molar-refractivity contribution in [2.45, 2.75) is 123 Å². The van der Waals surface area contributed by atoms with Crippen LogP contribution in [-0.2, 0) is 54.5 Å². The van der Waals surface area contributed by atoms with Crippen LogP contribution >= 0.6 is 0 Å². The Bertz CT molecular complexity index is 1540. The third kappa shape index (κ3) is 14.8. The predicted octanol–water partition coefficient (Wildman–Crippen LogP) is -0.123. The average Bonchev–Trinajstić information content (AvgIpc) is 3.56. The number of carboxylic acids is 2. The molecule has 1 aromatic carbocycles. The van der Waals surface area contributed by atoms with Gasteiger partial charge in [0.25, 0.3) is 0 Å². The van der Waals surface area contributed by atoms with Gasteiger partial charge in [0.2, 0.25) is 35.4 Å². The maximum atomic E-state index is 14.2. The summed E-state index contributed by atoms with van der Waals surface area (Å²) < 4.78 is 6.08. The zero-order chi connectivity index (χ0) is 41.4. The van der Waals surface area contributed by atoms with Crippen LogP contribution in [0.4, 0.5) is 0 Å². The molecule has 1 aliphatic heterocycles. The normalized spacial score (nSPS) is 17.9. The Labute approximate surface area is 319 Å². The fraction of sp³-hybridized carbons (Fsp3) is 0.595. The van der Waals surface area contributed by atoms with Crippen molar-refractivity contribution in [1.82, 2.24) is 31.5 Å². The van der Waals surface area contributed by atoms with Crippen LogP contribution in [0.1, 0.15) is 79.2 Å². The smallest absolute Gasteiger partial charge is 0.305 e. The lowest BCUT2D eigenvalue weighted by molar-refractivity contribution is -0.144. The highest BCUT2D eigenvalue weighted by Gasteiger charge is 2.44. The van der Waals surface area contributed by atoms with Crippen molar-refractivity contribution in [1.29, 1.82) is 0 Å². The number of aliphatic carboxylic acids is 2. The number of carbonyl (C=O) groups is 9. The number of carboxylic acid groups (broad SMARTS) is 2. The van der Waals surface area contributed by atoms with Gasteiger partial charge in [-0.05, 0) is 30.2 Å². The van der Waals surface area contributed by atoms with Gasteiger partial charge in [0.1, 0.15) is 36.5 Å². The number of hydrogen-bond donors (Lipinski definition) is 7. The molecule has 7 N–H and O–H groups in total. The lowest BCUT2D eigenvalue weighted by Gasteiger charge is -2.32. The predicted molar refractivity (Wildman–Crippen MR) is 196 cm³/mol. The fourth-order valence-corrected chi connectivity index (χ4v) is 5.87. The number of likely N-dealkylation sites (tertiary alicyclic amines) is 1. The third-order valence-corrected chi connectivity index (χ3v) is 8.94. The van der Waals surface area contributed by atoms with Gasteiger partial charge in [-0.3, -0.25) is 38.4 Å². The standard InChI is InChI=1S/C37H54N6O12/c1-7-24(18-44)39-35(52)28-15-25(55-19-23-11-9-8-10-12-23)17-43(28)37(54)32(21(4)5)42-36(53)31(20(2)3)41-34(51)27(16-30(48)49)40-33(50)26(38-22(6)45)13-14-29(46)47/h8-12,18,20-21,24-28,31-32H,7,13-17,19H2,1-6H3,(H,38,45)(H,39,52)(H,40,50)(H,41,51)(H,42,53)(H,46,47)(H,48,49)/t24-,25+,26-,27-,28-,31-,32-/m0/s1. The molecule has 0 spiro atoms. The van der Waals surface area contributed by atoms with Gasteiger partial charge in [-0.25, -0.2) is 0 Å². The minimum Gasteiger partial charge on any atom is -0.481 e. The zero-order valence-corrected chi connectivity index (χ0v) is 32.0. The van der Waals surface area contributed by atoms with E-state index in [4.69, 9.17) is 9.84 Å². The molecule has 1 aliphatic rings. The Balaban J connectivity index is 2.30. The highest BCUT2D eigenvalue weighted by molar-refractivity contribution is 5.98. The molecule has 0 aliphatic carbocycles. The SMILES string of the molecule is CC[C@@H](C=O)NC(=O)[C@@H]1C[C@@H](OCc2ccccc2)CN1C(=O)[C@@H](NC(=O)[C@@H](NC(=O)[C@H](CC(=O)O)NC(=O)[C@H](CCC(=O)O)NC(C)=O)C(C)C)C(C)C. The van der Waals surface area contributed by atoms with Gasteiger partial charge in [0.05, 0.1) is 25.2 Å². The first kappa shape index (κ1) is 45.8. The summed E-state index contributed by atoms with van der Waals surface area (Å²) in [5.74, 6) is -8.60. The zero-order valence-electron chi connectivity index (χ0n) is 32.0. The van der Waals surface area contributed by atoms with Gasteiger partial charge >= 0.3 is 11.9 Å². The summed E-state index contributed by atoms with van der Waals surface area (Å²) in [6, 6.07) is 1.81. The maximum Gasteiger partial charge on any atom is 0.305 e. The minimum absolute atomic E-state index is 0.00752. The monoisotopic (exact) mass is 774 g/mol. The first-order valence-corrected chi connectivity index (χ1v) is 18.2. The van der Waals surface area contributed by atoms with Crippen LogP contribution in [-0.4, -0.2) is 118 Å². The molecule has 6 amide bonds. The number of ether oxygens (including phenoxy) is 1. The Kier molecular flexibility index (Phi) is 18.4. The lowest BCUT2D eigenvalue weighted by Crippen LogP contribution is -2.61. The molecule has 0 saturated carbocycles. The molecule has 7 atom stereocenters. The van der Waals surface area contributed by atoms with E-state index in [-0.39, 0.29) is 26.0 Å². The Morgan fingerprint density at radius 2 is 1.42 bits per heavy atom. The highest BCUT2D eigenvalue weighted by atomic mass is 16.5. The van der Waals surface area contributed by atoms with Crippen LogP contribution in [0, 0.1) is 11.8 Å². The van der Waals surface area contributed by atoms with Gasteiger partial charge in [-0.1, -0.05) is 65.0 Å². The molecular weight excluding hydrogens is 720 g/mol. The largest absolute Gasteiger partial charge is 0.481 e. The van der Waals surface area contributed by atoms with Crippen LogP contribution in [0.5, 0.6) is 0 Å². The Morgan fingerprint density at radius 3 is 1.95 bits per heavy atom. The van der Waals surface area contributed by atoms with Crippen LogP contribution in [0.3, 0.4) is 0 Å². The minimum atomic E-state index is -1.74. The number of hydrogen-bond acceptors (Lipinski definition) is 10. The Hall–Kier alpha value is -5.39. The number of nitrogens with zero attached hydrogens (tertiary/aromatic N) is 1. The summed E-state index contributed by atoms with van der Waals surface area (Å²) in [5, 5.41) is 30.8. The summed E-state index contributed by atoms with van der Waals surface area (Å²) in [6.45, 7) is 9.57. The summed E-state index contributed by atoms with van der Waals surface area (Å²) in [5.41, 5.74) is 0.880. The van der Waals surface area contributed by atoms with Gasteiger partial charge < -0.3 is 51.2 Å². The first-order valence-electron chi connectivity index (χ1n) is 18.2. The van der Waals surface area contributed by atoms with Crippen LogP contribution in [0.15, 0.2) is 30.3 Å².